The van der Waals surface area contributed by atoms with E-state index in [9.17, 15) is 4.79 Å². The second-order valence-corrected chi connectivity index (χ2v) is 8.73. The number of para-hydroxylation sites is 1. The van der Waals surface area contributed by atoms with Crippen molar-refractivity contribution in [1.29, 1.82) is 0 Å². The van der Waals surface area contributed by atoms with Crippen molar-refractivity contribution in [3.63, 3.8) is 0 Å². The van der Waals surface area contributed by atoms with Gasteiger partial charge in [-0.3, -0.25) is 9.69 Å². The van der Waals surface area contributed by atoms with Crippen molar-refractivity contribution >= 4 is 40.3 Å². The van der Waals surface area contributed by atoms with Crippen LogP contribution in [0.4, 0.5) is 16.3 Å². The lowest BCUT2D eigenvalue weighted by atomic mass is 10.1. The van der Waals surface area contributed by atoms with Crippen LogP contribution in [0.1, 0.15) is 25.7 Å². The van der Waals surface area contributed by atoms with Gasteiger partial charge in [-0.25, -0.2) is 4.98 Å². The Hall–Kier alpha value is -1.50. The van der Waals surface area contributed by atoms with Crippen LogP contribution in [-0.2, 0) is 0 Å². The fourth-order valence-corrected chi connectivity index (χ4v) is 5.26. The number of rotatable bonds is 4. The Morgan fingerprint density at radius 3 is 2.77 bits per heavy atom. The van der Waals surface area contributed by atoms with E-state index in [2.05, 4.69) is 16.0 Å². The van der Waals surface area contributed by atoms with E-state index in [0.29, 0.717) is 0 Å². The largest absolute Gasteiger partial charge is 0.303 e. The van der Waals surface area contributed by atoms with E-state index in [4.69, 9.17) is 0 Å². The summed E-state index contributed by atoms with van der Waals surface area (Å²) in [4.78, 5) is 23.9. The van der Waals surface area contributed by atoms with Gasteiger partial charge in [0.05, 0.1) is 10.6 Å². The summed E-state index contributed by atoms with van der Waals surface area (Å²) in [7, 11) is 0. The average molecular weight is 386 g/mol. The van der Waals surface area contributed by atoms with Crippen LogP contribution in [0.25, 0.3) is 0 Å². The van der Waals surface area contributed by atoms with Gasteiger partial charge in [0.25, 0.3) is 5.24 Å². The van der Waals surface area contributed by atoms with E-state index >= 15 is 0 Å². The standard InChI is InChI=1S/C20H23N3OS2/c24-20(25-15-7-14-22-12-4-1-5-13-22)23-16-8-2-3-9-17(16)26-18-10-6-11-21-19(18)23/h2-3,6,8-11H,1,4-5,7,12-15H2. The first-order valence-corrected chi connectivity index (χ1v) is 11.0. The molecule has 0 atom stereocenters. The number of hydrogen-bond donors (Lipinski definition) is 0. The number of thioether (sulfide) groups is 1. The summed E-state index contributed by atoms with van der Waals surface area (Å²) < 4.78 is 0. The van der Waals surface area contributed by atoms with Crippen LogP contribution < -0.4 is 4.90 Å². The minimum Gasteiger partial charge on any atom is -0.303 e. The Bertz CT molecular complexity index is 732. The predicted octanol–water partition coefficient (Wildman–Crippen LogP) is 5.41. The summed E-state index contributed by atoms with van der Waals surface area (Å²) in [6.45, 7) is 3.53. The molecular formula is C20H23N3OS2. The number of likely N-dealkylation sites (tertiary alicyclic amines) is 1. The molecule has 1 saturated heterocycles. The highest BCUT2D eigenvalue weighted by atomic mass is 32.2. The van der Waals surface area contributed by atoms with E-state index in [-0.39, 0.29) is 5.24 Å². The summed E-state index contributed by atoms with van der Waals surface area (Å²) >= 11 is 3.09. The highest BCUT2D eigenvalue weighted by Gasteiger charge is 2.29. The molecule has 26 heavy (non-hydrogen) atoms. The first kappa shape index (κ1) is 17.9. The van der Waals surface area contributed by atoms with Gasteiger partial charge in [-0.15, -0.1) is 0 Å². The molecule has 0 bridgehead atoms. The number of pyridine rings is 1. The van der Waals surface area contributed by atoms with Crippen LogP contribution in [0.3, 0.4) is 0 Å². The van der Waals surface area contributed by atoms with Crippen LogP contribution in [-0.4, -0.2) is 40.5 Å². The predicted molar refractivity (Wildman–Crippen MR) is 110 cm³/mol. The van der Waals surface area contributed by atoms with Crippen molar-refractivity contribution in [3.05, 3.63) is 42.6 Å². The molecule has 1 fully saturated rings. The number of piperidine rings is 1. The van der Waals surface area contributed by atoms with Gasteiger partial charge in [0.15, 0.2) is 5.82 Å². The molecule has 0 N–H and O–H groups in total. The normalized spacial score (nSPS) is 16.8. The Morgan fingerprint density at radius 2 is 1.88 bits per heavy atom. The SMILES string of the molecule is O=C(SCCCN1CCCCC1)N1c2ccccc2Sc2cccnc21. The number of carbonyl (C=O) groups excluding carboxylic acids is 1. The molecule has 0 spiro atoms. The Morgan fingerprint density at radius 1 is 1.08 bits per heavy atom. The molecule has 136 valence electrons. The summed E-state index contributed by atoms with van der Waals surface area (Å²) in [6.07, 6.45) is 6.81. The molecule has 4 rings (SSSR count). The van der Waals surface area contributed by atoms with Crippen molar-refractivity contribution in [2.75, 3.05) is 30.3 Å². The lowest BCUT2D eigenvalue weighted by Gasteiger charge is -2.29. The van der Waals surface area contributed by atoms with Crippen molar-refractivity contribution in [2.24, 2.45) is 0 Å². The molecule has 2 aromatic rings. The Balaban J connectivity index is 1.42. The van der Waals surface area contributed by atoms with Gasteiger partial charge in [-0.05, 0) is 63.2 Å². The first-order chi connectivity index (χ1) is 12.8. The topological polar surface area (TPSA) is 36.4 Å². The summed E-state index contributed by atoms with van der Waals surface area (Å²) in [6, 6.07) is 12.0. The highest BCUT2D eigenvalue weighted by molar-refractivity contribution is 8.13. The number of hydrogen-bond acceptors (Lipinski definition) is 5. The second-order valence-electron chi connectivity index (χ2n) is 6.60. The molecule has 2 aliphatic rings. The van der Waals surface area contributed by atoms with Crippen molar-refractivity contribution < 1.29 is 4.79 Å². The Kier molecular flexibility index (Phi) is 5.82. The third kappa shape index (κ3) is 3.92. The third-order valence-electron chi connectivity index (χ3n) is 4.76. The molecule has 1 amide bonds. The van der Waals surface area contributed by atoms with Gasteiger partial charge < -0.3 is 4.90 Å². The van der Waals surface area contributed by atoms with E-state index < -0.39 is 0 Å². The summed E-state index contributed by atoms with van der Waals surface area (Å²) in [5.74, 6) is 1.60. The highest BCUT2D eigenvalue weighted by Crippen LogP contribution is 2.47. The number of fused-ring (bicyclic) bond motifs is 2. The maximum atomic E-state index is 13.0. The zero-order valence-electron chi connectivity index (χ0n) is 14.8. The van der Waals surface area contributed by atoms with E-state index in [1.54, 1.807) is 22.9 Å². The minimum atomic E-state index is 0.0661. The zero-order valence-corrected chi connectivity index (χ0v) is 16.4. The molecular weight excluding hydrogens is 362 g/mol. The molecule has 0 aliphatic carbocycles. The molecule has 1 aromatic heterocycles. The maximum absolute atomic E-state index is 13.0. The minimum absolute atomic E-state index is 0.0661. The number of anilines is 2. The van der Waals surface area contributed by atoms with Crippen molar-refractivity contribution in [1.82, 2.24) is 9.88 Å². The monoisotopic (exact) mass is 385 g/mol. The quantitative estimate of drug-likeness (QED) is 0.657. The number of amides is 1. The lowest BCUT2D eigenvalue weighted by Crippen LogP contribution is -2.31. The van der Waals surface area contributed by atoms with Crippen molar-refractivity contribution in [2.45, 2.75) is 35.5 Å². The van der Waals surface area contributed by atoms with Crippen LogP contribution in [0.2, 0.25) is 0 Å². The second kappa shape index (κ2) is 8.46. The number of nitrogens with zero attached hydrogens (tertiary/aromatic N) is 3. The van der Waals surface area contributed by atoms with Gasteiger partial charge >= 0.3 is 0 Å². The molecule has 6 heteroatoms. The van der Waals surface area contributed by atoms with Crippen LogP contribution in [0.15, 0.2) is 52.4 Å². The van der Waals surface area contributed by atoms with Gasteiger partial charge in [-0.2, -0.15) is 0 Å². The molecule has 1 aromatic carbocycles. The molecule has 0 unspecified atom stereocenters. The molecule has 3 heterocycles. The van der Waals surface area contributed by atoms with Crippen LogP contribution in [0.5, 0.6) is 0 Å². The molecule has 2 aliphatic heterocycles. The summed E-state index contributed by atoms with van der Waals surface area (Å²) in [5.41, 5.74) is 0.942. The van der Waals surface area contributed by atoms with Gasteiger partial charge in [0, 0.05) is 16.8 Å². The third-order valence-corrected chi connectivity index (χ3v) is 6.79. The molecule has 4 nitrogen and oxygen atoms in total. The van der Waals surface area contributed by atoms with Gasteiger partial charge in [0.2, 0.25) is 0 Å². The van der Waals surface area contributed by atoms with Gasteiger partial charge in [-0.1, -0.05) is 42.1 Å². The Labute approximate surface area is 163 Å². The average Bonchev–Trinajstić information content (AvgIpc) is 2.70. The van der Waals surface area contributed by atoms with E-state index in [0.717, 1.165) is 40.0 Å². The number of carbonyl (C=O) groups is 1. The smallest absolute Gasteiger partial charge is 0.291 e. The summed E-state index contributed by atoms with van der Waals surface area (Å²) in [5, 5.41) is 0.0661. The van der Waals surface area contributed by atoms with E-state index in [1.165, 1.54) is 44.1 Å². The van der Waals surface area contributed by atoms with Crippen molar-refractivity contribution in [3.8, 4) is 0 Å². The molecule has 0 radical (unpaired) electrons. The van der Waals surface area contributed by atoms with Crippen LogP contribution in [0, 0.1) is 0 Å². The maximum Gasteiger partial charge on any atom is 0.291 e. The lowest BCUT2D eigenvalue weighted by molar-refractivity contribution is 0.230. The zero-order chi connectivity index (χ0) is 17.8. The fourth-order valence-electron chi connectivity index (χ4n) is 3.47. The van der Waals surface area contributed by atoms with Gasteiger partial charge in [0.1, 0.15) is 0 Å². The van der Waals surface area contributed by atoms with E-state index in [1.807, 2.05) is 30.3 Å². The number of aromatic nitrogens is 1. The fraction of sp³-hybridized carbons (Fsp3) is 0.400. The first-order valence-electron chi connectivity index (χ1n) is 9.24. The molecule has 0 saturated carbocycles. The number of benzene rings is 1. The van der Waals surface area contributed by atoms with Crippen LogP contribution >= 0.6 is 23.5 Å².